The molecule has 2 aliphatic heterocycles. The minimum atomic E-state index is -3.73. The molecule has 2 heterocycles. The molecule has 0 bridgehead atoms. The van der Waals surface area contributed by atoms with Crippen LogP contribution in [0.5, 0.6) is 5.75 Å². The predicted molar refractivity (Wildman–Crippen MR) is 80.4 cm³/mol. The van der Waals surface area contributed by atoms with Crippen molar-refractivity contribution in [3.05, 3.63) is 24.0 Å². The van der Waals surface area contributed by atoms with Crippen molar-refractivity contribution in [2.75, 3.05) is 33.9 Å². The van der Waals surface area contributed by atoms with E-state index < -0.39 is 21.4 Å². The molecule has 8 heteroatoms. The Morgan fingerprint density at radius 2 is 2.09 bits per heavy atom. The molecule has 1 spiro atoms. The number of halogens is 1. The van der Waals surface area contributed by atoms with Crippen LogP contribution in [-0.4, -0.2) is 58.3 Å². The van der Waals surface area contributed by atoms with Crippen LogP contribution < -0.4 is 4.74 Å². The smallest absolute Gasteiger partial charge is 0.243 e. The van der Waals surface area contributed by atoms with E-state index in [1.54, 1.807) is 7.11 Å². The summed E-state index contributed by atoms with van der Waals surface area (Å²) in [6.07, 6.45) is 1.58. The van der Waals surface area contributed by atoms with E-state index in [0.29, 0.717) is 13.0 Å². The van der Waals surface area contributed by atoms with Crippen molar-refractivity contribution in [3.63, 3.8) is 0 Å². The number of hydrogen-bond acceptors (Lipinski definition) is 5. The summed E-state index contributed by atoms with van der Waals surface area (Å²) in [6.45, 7) is 1.09. The summed E-state index contributed by atoms with van der Waals surface area (Å²) >= 11 is 0. The first-order valence-electron chi connectivity index (χ1n) is 7.41. The van der Waals surface area contributed by atoms with Gasteiger partial charge in [0.25, 0.3) is 0 Å². The maximum Gasteiger partial charge on any atom is 0.243 e. The molecule has 0 aromatic heterocycles. The molecule has 2 fully saturated rings. The molecule has 0 amide bonds. The largest absolute Gasteiger partial charge is 0.494 e. The lowest BCUT2D eigenvalue weighted by Crippen LogP contribution is -2.67. The number of hydrogen-bond donors (Lipinski definition) is 0. The van der Waals surface area contributed by atoms with Crippen LogP contribution >= 0.6 is 0 Å². The highest BCUT2D eigenvalue weighted by Crippen LogP contribution is 2.38. The van der Waals surface area contributed by atoms with Crippen molar-refractivity contribution in [2.45, 2.75) is 29.4 Å². The number of benzene rings is 1. The van der Waals surface area contributed by atoms with Gasteiger partial charge in [0.2, 0.25) is 10.0 Å². The van der Waals surface area contributed by atoms with Crippen LogP contribution in [0.25, 0.3) is 0 Å². The molecule has 0 radical (unpaired) electrons. The third-order valence-electron chi connectivity index (χ3n) is 4.47. The maximum absolute atomic E-state index is 13.8. The van der Waals surface area contributed by atoms with Gasteiger partial charge in [0.15, 0.2) is 11.6 Å². The molecule has 0 N–H and O–H groups in total. The average Bonchev–Trinajstić information content (AvgIpc) is 2.52. The van der Waals surface area contributed by atoms with Gasteiger partial charge >= 0.3 is 0 Å². The van der Waals surface area contributed by atoms with Gasteiger partial charge in [0.1, 0.15) is 0 Å². The SMILES string of the molecule is COc1ccc(S(=O)(=O)N2CC3(CC(OC)CCO3)C2)cc1F. The van der Waals surface area contributed by atoms with Crippen molar-refractivity contribution in [3.8, 4) is 5.75 Å². The molecule has 2 saturated heterocycles. The first kappa shape index (κ1) is 16.6. The summed E-state index contributed by atoms with van der Waals surface area (Å²) in [5.41, 5.74) is -0.475. The van der Waals surface area contributed by atoms with Gasteiger partial charge in [0.05, 0.1) is 23.7 Å². The first-order valence-corrected chi connectivity index (χ1v) is 8.85. The number of nitrogens with zero attached hydrogens (tertiary/aromatic N) is 1. The van der Waals surface area contributed by atoms with Crippen LogP contribution in [0, 0.1) is 5.82 Å². The maximum atomic E-state index is 13.8. The fourth-order valence-electron chi connectivity index (χ4n) is 3.13. The van der Waals surface area contributed by atoms with Crippen molar-refractivity contribution in [1.29, 1.82) is 0 Å². The minimum absolute atomic E-state index is 0.0163. The molecule has 6 nitrogen and oxygen atoms in total. The van der Waals surface area contributed by atoms with Crippen LogP contribution in [0.3, 0.4) is 0 Å². The fourth-order valence-corrected chi connectivity index (χ4v) is 4.73. The quantitative estimate of drug-likeness (QED) is 0.825. The van der Waals surface area contributed by atoms with E-state index in [1.165, 1.54) is 23.5 Å². The number of ether oxygens (including phenoxy) is 3. The van der Waals surface area contributed by atoms with E-state index in [1.807, 2.05) is 0 Å². The van der Waals surface area contributed by atoms with Gasteiger partial charge in [-0.05, 0) is 24.6 Å². The van der Waals surface area contributed by atoms with E-state index in [-0.39, 0.29) is 29.8 Å². The Kier molecular flexibility index (Phi) is 4.35. The summed E-state index contributed by atoms with van der Waals surface area (Å²) in [7, 11) is -0.751. The zero-order valence-corrected chi connectivity index (χ0v) is 13.9. The Bertz CT molecular complexity index is 687. The van der Waals surface area contributed by atoms with Crippen molar-refractivity contribution >= 4 is 10.0 Å². The summed E-state index contributed by atoms with van der Waals surface area (Å²) in [5, 5.41) is 0. The molecule has 1 unspecified atom stereocenters. The topological polar surface area (TPSA) is 65.1 Å². The van der Waals surface area contributed by atoms with Crippen LogP contribution in [0.15, 0.2) is 23.1 Å². The second-order valence-corrected chi connectivity index (χ2v) is 7.89. The molecule has 3 rings (SSSR count). The van der Waals surface area contributed by atoms with E-state index >= 15 is 0 Å². The molecule has 1 aromatic rings. The highest BCUT2D eigenvalue weighted by Gasteiger charge is 2.52. The van der Waals surface area contributed by atoms with Crippen LogP contribution in [0.4, 0.5) is 4.39 Å². The van der Waals surface area contributed by atoms with Gasteiger partial charge in [-0.1, -0.05) is 0 Å². The Morgan fingerprint density at radius 1 is 1.35 bits per heavy atom. The summed E-state index contributed by atoms with van der Waals surface area (Å²) in [6, 6.07) is 3.65. The normalized spacial score (nSPS) is 24.4. The molecule has 128 valence electrons. The Balaban J connectivity index is 1.74. The van der Waals surface area contributed by atoms with E-state index in [2.05, 4.69) is 0 Å². The third kappa shape index (κ3) is 2.96. The molecular formula is C15H20FNO5S. The lowest BCUT2D eigenvalue weighted by molar-refractivity contribution is -0.173. The second kappa shape index (κ2) is 6.01. The standard InChI is InChI=1S/C15H20FNO5S/c1-20-11-5-6-22-15(8-11)9-17(10-15)23(18,19)12-3-4-14(21-2)13(16)7-12/h3-4,7,11H,5-6,8-10H2,1-2H3. The molecule has 0 aliphatic carbocycles. The third-order valence-corrected chi connectivity index (χ3v) is 6.26. The van der Waals surface area contributed by atoms with Crippen LogP contribution in [0.2, 0.25) is 0 Å². The van der Waals surface area contributed by atoms with Crippen molar-refractivity contribution in [1.82, 2.24) is 4.31 Å². The summed E-state index contributed by atoms with van der Waals surface area (Å²) in [4.78, 5) is -0.0789. The minimum Gasteiger partial charge on any atom is -0.494 e. The van der Waals surface area contributed by atoms with Gasteiger partial charge in [-0.25, -0.2) is 12.8 Å². The van der Waals surface area contributed by atoms with E-state index in [9.17, 15) is 12.8 Å². The van der Waals surface area contributed by atoms with Crippen LogP contribution in [-0.2, 0) is 19.5 Å². The highest BCUT2D eigenvalue weighted by atomic mass is 32.2. The van der Waals surface area contributed by atoms with E-state index in [0.717, 1.165) is 12.5 Å². The summed E-state index contributed by atoms with van der Waals surface area (Å²) < 4.78 is 56.2. The van der Waals surface area contributed by atoms with Crippen LogP contribution in [0.1, 0.15) is 12.8 Å². The second-order valence-electron chi connectivity index (χ2n) is 5.95. The number of sulfonamides is 1. The van der Waals surface area contributed by atoms with Crippen molar-refractivity contribution < 1.29 is 27.0 Å². The van der Waals surface area contributed by atoms with Gasteiger partial charge in [0, 0.05) is 33.2 Å². The lowest BCUT2D eigenvalue weighted by Gasteiger charge is -2.51. The zero-order chi connectivity index (χ0) is 16.7. The van der Waals surface area contributed by atoms with E-state index in [4.69, 9.17) is 14.2 Å². The highest BCUT2D eigenvalue weighted by molar-refractivity contribution is 7.89. The molecular weight excluding hydrogens is 325 g/mol. The van der Waals surface area contributed by atoms with Gasteiger partial charge < -0.3 is 14.2 Å². The zero-order valence-electron chi connectivity index (χ0n) is 13.1. The fraction of sp³-hybridized carbons (Fsp3) is 0.600. The first-order chi connectivity index (χ1) is 10.9. The molecule has 0 saturated carbocycles. The van der Waals surface area contributed by atoms with Gasteiger partial charge in [-0.2, -0.15) is 4.31 Å². The molecule has 2 aliphatic rings. The monoisotopic (exact) mass is 345 g/mol. The average molecular weight is 345 g/mol. The van der Waals surface area contributed by atoms with Gasteiger partial charge in [-0.3, -0.25) is 0 Å². The van der Waals surface area contributed by atoms with Gasteiger partial charge in [-0.15, -0.1) is 0 Å². The predicted octanol–water partition coefficient (Wildman–Crippen LogP) is 1.40. The Morgan fingerprint density at radius 3 is 2.70 bits per heavy atom. The Labute approximate surface area is 135 Å². The molecule has 23 heavy (non-hydrogen) atoms. The van der Waals surface area contributed by atoms with Crippen molar-refractivity contribution in [2.24, 2.45) is 0 Å². The molecule has 1 aromatic carbocycles. The summed E-state index contributed by atoms with van der Waals surface area (Å²) in [5.74, 6) is -0.681. The number of rotatable bonds is 4. The Hall–Kier alpha value is -1.22. The number of methoxy groups -OCH3 is 2. The lowest BCUT2D eigenvalue weighted by atomic mass is 9.86. The molecule has 1 atom stereocenters.